The number of hydrogen-bond acceptors (Lipinski definition) is 1. The van der Waals surface area contributed by atoms with E-state index in [-0.39, 0.29) is 11.7 Å². The van der Waals surface area contributed by atoms with Gasteiger partial charge >= 0.3 is 0 Å². The smallest absolute Gasteiger partial charge is 0.130 e. The molecule has 1 unspecified atom stereocenters. The molecule has 0 fully saturated rings. The zero-order valence-electron chi connectivity index (χ0n) is 9.66. The molecule has 1 atom stereocenters. The lowest BCUT2D eigenvalue weighted by Gasteiger charge is -2.12. The fourth-order valence-corrected chi connectivity index (χ4v) is 1.69. The summed E-state index contributed by atoms with van der Waals surface area (Å²) < 4.78 is 0. The highest BCUT2D eigenvalue weighted by atomic mass is 16.1. The highest BCUT2D eigenvalue weighted by Gasteiger charge is 2.10. The number of rotatable bonds is 4. The molecule has 0 amide bonds. The summed E-state index contributed by atoms with van der Waals surface area (Å²) in [4.78, 5) is 11.2. The van der Waals surface area contributed by atoms with Crippen LogP contribution < -0.4 is 0 Å². The number of benzene rings is 1. The maximum Gasteiger partial charge on any atom is 0.130 e. The quantitative estimate of drug-likeness (QED) is 0.680. The van der Waals surface area contributed by atoms with Gasteiger partial charge in [-0.15, -0.1) is 0 Å². The molecule has 0 saturated carbocycles. The average molecular weight is 202 g/mol. The highest BCUT2D eigenvalue weighted by Crippen LogP contribution is 2.22. The van der Waals surface area contributed by atoms with Crippen LogP contribution in [0.15, 0.2) is 42.0 Å². The molecule has 0 aromatic heterocycles. The molecular weight excluding hydrogens is 184 g/mol. The summed E-state index contributed by atoms with van der Waals surface area (Å²) >= 11 is 0. The van der Waals surface area contributed by atoms with Crippen LogP contribution in [-0.4, -0.2) is 5.78 Å². The van der Waals surface area contributed by atoms with Gasteiger partial charge in [-0.1, -0.05) is 42.0 Å². The number of ketones is 1. The van der Waals surface area contributed by atoms with Crippen molar-refractivity contribution in [3.63, 3.8) is 0 Å². The van der Waals surface area contributed by atoms with Crippen LogP contribution in [0.2, 0.25) is 0 Å². The van der Waals surface area contributed by atoms with Crippen LogP contribution in [0.3, 0.4) is 0 Å². The third kappa shape index (κ3) is 4.11. The molecule has 1 heteroatoms. The minimum Gasteiger partial charge on any atom is -0.300 e. The lowest BCUT2D eigenvalue weighted by atomic mass is 9.92. The van der Waals surface area contributed by atoms with E-state index in [1.807, 2.05) is 18.2 Å². The first-order valence-corrected chi connectivity index (χ1v) is 5.29. The second-order valence-electron chi connectivity index (χ2n) is 4.17. The van der Waals surface area contributed by atoms with Crippen molar-refractivity contribution in [2.75, 3.05) is 0 Å². The predicted octanol–water partition coefficient (Wildman–Crippen LogP) is 3.72. The Morgan fingerprint density at radius 2 is 1.80 bits per heavy atom. The summed E-state index contributed by atoms with van der Waals surface area (Å²) in [6, 6.07) is 10.2. The standard InChI is InChI=1S/C14H18O/c1-11(2)9-14(10-12(3)15)13-7-5-4-6-8-13/h4-9,14H,10H2,1-3H3. The summed E-state index contributed by atoms with van der Waals surface area (Å²) in [5.41, 5.74) is 2.47. The Labute approximate surface area is 91.8 Å². The molecule has 1 aromatic rings. The Kier molecular flexibility index (Phi) is 4.29. The van der Waals surface area contributed by atoms with Gasteiger partial charge in [-0.2, -0.15) is 0 Å². The van der Waals surface area contributed by atoms with Crippen molar-refractivity contribution >= 4 is 5.78 Å². The molecule has 0 aliphatic heterocycles. The number of allylic oxidation sites excluding steroid dienone is 2. The van der Waals surface area contributed by atoms with Gasteiger partial charge in [-0.05, 0) is 26.3 Å². The van der Waals surface area contributed by atoms with Gasteiger partial charge in [0.1, 0.15) is 5.78 Å². The van der Waals surface area contributed by atoms with Gasteiger partial charge in [0.2, 0.25) is 0 Å². The molecule has 0 saturated heterocycles. The van der Waals surface area contributed by atoms with Crippen LogP contribution in [0.4, 0.5) is 0 Å². The van der Waals surface area contributed by atoms with Crippen LogP contribution in [0.5, 0.6) is 0 Å². The summed E-state index contributed by atoms with van der Waals surface area (Å²) in [5.74, 6) is 0.468. The van der Waals surface area contributed by atoms with E-state index < -0.39 is 0 Å². The molecule has 0 aliphatic carbocycles. The van der Waals surface area contributed by atoms with E-state index in [4.69, 9.17) is 0 Å². The van der Waals surface area contributed by atoms with E-state index in [0.717, 1.165) is 0 Å². The maximum atomic E-state index is 11.2. The van der Waals surface area contributed by atoms with E-state index in [2.05, 4.69) is 32.1 Å². The van der Waals surface area contributed by atoms with Gasteiger partial charge in [-0.3, -0.25) is 4.79 Å². The largest absolute Gasteiger partial charge is 0.300 e. The first kappa shape index (κ1) is 11.7. The van der Waals surface area contributed by atoms with Crippen molar-refractivity contribution < 1.29 is 4.79 Å². The molecule has 0 spiro atoms. The monoisotopic (exact) mass is 202 g/mol. The van der Waals surface area contributed by atoms with E-state index in [9.17, 15) is 4.79 Å². The van der Waals surface area contributed by atoms with Crippen molar-refractivity contribution in [1.82, 2.24) is 0 Å². The Morgan fingerprint density at radius 1 is 1.20 bits per heavy atom. The zero-order valence-corrected chi connectivity index (χ0v) is 9.66. The third-order valence-electron chi connectivity index (χ3n) is 2.27. The van der Waals surface area contributed by atoms with Crippen molar-refractivity contribution in [3.8, 4) is 0 Å². The van der Waals surface area contributed by atoms with Crippen LogP contribution in [0.25, 0.3) is 0 Å². The lowest BCUT2D eigenvalue weighted by molar-refractivity contribution is -0.117. The first-order valence-electron chi connectivity index (χ1n) is 5.29. The Morgan fingerprint density at radius 3 is 2.27 bits per heavy atom. The summed E-state index contributed by atoms with van der Waals surface area (Å²) in [7, 11) is 0. The van der Waals surface area contributed by atoms with E-state index in [1.54, 1.807) is 6.92 Å². The Bertz CT molecular complexity index is 345. The molecule has 15 heavy (non-hydrogen) atoms. The first-order chi connectivity index (χ1) is 7.09. The predicted molar refractivity (Wildman–Crippen MR) is 63.9 cm³/mol. The van der Waals surface area contributed by atoms with Crippen molar-refractivity contribution in [2.24, 2.45) is 0 Å². The second-order valence-corrected chi connectivity index (χ2v) is 4.17. The topological polar surface area (TPSA) is 17.1 Å². The molecule has 0 aliphatic rings. The SMILES string of the molecule is CC(=O)CC(C=C(C)C)c1ccccc1. The minimum absolute atomic E-state index is 0.230. The Balaban J connectivity index is 2.91. The van der Waals surface area contributed by atoms with Gasteiger partial charge in [0.05, 0.1) is 0 Å². The number of carbonyl (C=O) groups is 1. The third-order valence-corrected chi connectivity index (χ3v) is 2.27. The fraction of sp³-hybridized carbons (Fsp3) is 0.357. The molecule has 0 N–H and O–H groups in total. The number of carbonyl (C=O) groups excluding carboxylic acids is 1. The second kappa shape index (κ2) is 5.50. The molecule has 0 heterocycles. The molecule has 80 valence electrons. The van der Waals surface area contributed by atoms with Crippen LogP contribution in [-0.2, 0) is 4.79 Å². The van der Waals surface area contributed by atoms with Gasteiger partial charge in [0.25, 0.3) is 0 Å². The van der Waals surface area contributed by atoms with Gasteiger partial charge < -0.3 is 0 Å². The molecule has 1 nitrogen and oxygen atoms in total. The summed E-state index contributed by atoms with van der Waals surface area (Å²) in [6.07, 6.45) is 2.76. The van der Waals surface area contributed by atoms with Crippen LogP contribution in [0, 0.1) is 0 Å². The van der Waals surface area contributed by atoms with E-state index in [1.165, 1.54) is 11.1 Å². The summed E-state index contributed by atoms with van der Waals surface area (Å²) in [6.45, 7) is 5.78. The van der Waals surface area contributed by atoms with Crippen molar-refractivity contribution in [1.29, 1.82) is 0 Å². The average Bonchev–Trinajstić information content (AvgIpc) is 2.17. The molecule has 0 bridgehead atoms. The van der Waals surface area contributed by atoms with Gasteiger partial charge in [-0.25, -0.2) is 0 Å². The minimum atomic E-state index is 0.230. The van der Waals surface area contributed by atoms with Crippen molar-refractivity contribution in [3.05, 3.63) is 47.5 Å². The van der Waals surface area contributed by atoms with Crippen LogP contribution in [0.1, 0.15) is 38.7 Å². The van der Waals surface area contributed by atoms with Crippen molar-refractivity contribution in [2.45, 2.75) is 33.1 Å². The number of hydrogen-bond donors (Lipinski definition) is 0. The van der Waals surface area contributed by atoms with Crippen LogP contribution >= 0.6 is 0 Å². The highest BCUT2D eigenvalue weighted by molar-refractivity contribution is 5.76. The zero-order chi connectivity index (χ0) is 11.3. The van der Waals surface area contributed by atoms with E-state index in [0.29, 0.717) is 6.42 Å². The molecular formula is C14H18O. The fourth-order valence-electron chi connectivity index (χ4n) is 1.69. The van der Waals surface area contributed by atoms with Gasteiger partial charge in [0, 0.05) is 12.3 Å². The Hall–Kier alpha value is -1.37. The summed E-state index contributed by atoms with van der Waals surface area (Å²) in [5, 5.41) is 0. The van der Waals surface area contributed by atoms with Gasteiger partial charge in [0.15, 0.2) is 0 Å². The molecule has 0 radical (unpaired) electrons. The molecule has 1 aromatic carbocycles. The maximum absolute atomic E-state index is 11.2. The molecule has 1 rings (SSSR count). The number of Topliss-reactive ketones (excluding diaryl/α,β-unsaturated/α-hetero) is 1. The van der Waals surface area contributed by atoms with E-state index >= 15 is 0 Å². The lowest BCUT2D eigenvalue weighted by Crippen LogP contribution is -2.02. The normalized spacial score (nSPS) is 11.9.